The van der Waals surface area contributed by atoms with Crippen molar-refractivity contribution in [2.75, 3.05) is 32.8 Å². The molecule has 0 saturated carbocycles. The molecule has 1 aliphatic heterocycles. The van der Waals surface area contributed by atoms with Gasteiger partial charge in [0.15, 0.2) is 0 Å². The first-order valence-corrected chi connectivity index (χ1v) is 15.3. The lowest BCUT2D eigenvalue weighted by molar-refractivity contribution is -0.144. The van der Waals surface area contributed by atoms with Crippen molar-refractivity contribution in [1.82, 2.24) is 20.4 Å². The molecule has 3 aromatic rings. The van der Waals surface area contributed by atoms with Crippen molar-refractivity contribution in [2.24, 2.45) is 0 Å². The number of ether oxygens (including phenoxy) is 1. The van der Waals surface area contributed by atoms with Crippen molar-refractivity contribution < 1.29 is 23.9 Å². The molecule has 9 nitrogen and oxygen atoms in total. The van der Waals surface area contributed by atoms with Gasteiger partial charge in [-0.05, 0) is 53.9 Å². The van der Waals surface area contributed by atoms with E-state index >= 15 is 0 Å². The summed E-state index contributed by atoms with van der Waals surface area (Å²) in [6.45, 7) is 2.14. The van der Waals surface area contributed by atoms with E-state index in [0.29, 0.717) is 43.9 Å². The molecule has 0 saturated heterocycles. The maximum absolute atomic E-state index is 14.3. The first kappa shape index (κ1) is 33.3. The minimum atomic E-state index is -1.07. The fourth-order valence-corrected chi connectivity index (χ4v) is 5.35. The van der Waals surface area contributed by atoms with Crippen LogP contribution in [0.3, 0.4) is 0 Å². The fraction of sp³-hybridized carbons (Fsp3) is 0.312. The highest BCUT2D eigenvalue weighted by molar-refractivity contribution is 6.42. The number of fused-ring (bicyclic) bond motifs is 1. The van der Waals surface area contributed by atoms with Gasteiger partial charge in [0, 0.05) is 43.2 Å². The summed E-state index contributed by atoms with van der Waals surface area (Å²) in [7, 11) is 0. The van der Waals surface area contributed by atoms with Crippen LogP contribution < -0.4 is 10.6 Å². The Morgan fingerprint density at radius 2 is 1.66 bits per heavy atom. The number of hydrogen-bond donors (Lipinski definition) is 2. The molecule has 0 aliphatic carbocycles. The summed E-state index contributed by atoms with van der Waals surface area (Å²) in [6, 6.07) is 17.7. The molecule has 0 fully saturated rings. The third kappa shape index (κ3) is 9.19. The third-order valence-corrected chi connectivity index (χ3v) is 8.04. The van der Waals surface area contributed by atoms with Crippen LogP contribution in [0.2, 0.25) is 15.1 Å². The Balaban J connectivity index is 1.76. The summed E-state index contributed by atoms with van der Waals surface area (Å²) >= 11 is 18.6. The first-order chi connectivity index (χ1) is 21.1. The number of carbonyl (C=O) groups is 4. The molecule has 1 aliphatic rings. The van der Waals surface area contributed by atoms with Crippen LogP contribution in [-0.2, 0) is 38.6 Å². The van der Waals surface area contributed by atoms with E-state index in [2.05, 4.69) is 10.6 Å². The van der Waals surface area contributed by atoms with Crippen LogP contribution in [-0.4, -0.2) is 72.3 Å². The van der Waals surface area contributed by atoms with Gasteiger partial charge in [0.1, 0.15) is 12.6 Å². The molecule has 232 valence electrons. The second-order valence-electron chi connectivity index (χ2n) is 10.2. The van der Waals surface area contributed by atoms with E-state index in [1.54, 1.807) is 66.7 Å². The summed E-state index contributed by atoms with van der Waals surface area (Å²) in [5, 5.41) is 6.81. The Bertz CT molecular complexity index is 1520. The Hall–Kier alpha value is -3.63. The van der Waals surface area contributed by atoms with Gasteiger partial charge in [-0.15, -0.1) is 0 Å². The number of benzene rings is 3. The molecule has 1 heterocycles. The maximum atomic E-state index is 14.3. The van der Waals surface area contributed by atoms with Gasteiger partial charge in [0.25, 0.3) is 5.91 Å². The second kappa shape index (κ2) is 15.9. The molecule has 12 heteroatoms. The lowest BCUT2D eigenvalue weighted by Gasteiger charge is -2.31. The predicted molar refractivity (Wildman–Crippen MR) is 170 cm³/mol. The Morgan fingerprint density at radius 3 is 2.41 bits per heavy atom. The van der Waals surface area contributed by atoms with Crippen LogP contribution in [0, 0.1) is 0 Å². The SMILES string of the molecule is CCOCCN1CC(=O)NCc2ccccc2C(=O)N[C@@H](Cc2ccc(Cl)c(Cl)c2)C(=O)N(Cc2cccc(Cl)c2)CC1=O. The van der Waals surface area contributed by atoms with Gasteiger partial charge in [-0.25, -0.2) is 0 Å². The third-order valence-electron chi connectivity index (χ3n) is 7.06. The molecule has 44 heavy (non-hydrogen) atoms. The molecule has 0 bridgehead atoms. The van der Waals surface area contributed by atoms with Crippen LogP contribution in [0.15, 0.2) is 66.7 Å². The summed E-state index contributed by atoms with van der Waals surface area (Å²) in [4.78, 5) is 57.4. The number of halogens is 3. The van der Waals surface area contributed by atoms with Crippen molar-refractivity contribution in [2.45, 2.75) is 32.5 Å². The molecule has 0 unspecified atom stereocenters. The van der Waals surface area contributed by atoms with Gasteiger partial charge in [0.05, 0.1) is 23.2 Å². The zero-order valence-electron chi connectivity index (χ0n) is 24.2. The summed E-state index contributed by atoms with van der Waals surface area (Å²) in [6.07, 6.45) is 0.0780. The average molecular weight is 660 g/mol. The largest absolute Gasteiger partial charge is 0.380 e. The van der Waals surface area contributed by atoms with E-state index in [0.717, 1.165) is 0 Å². The molecule has 4 rings (SSSR count). The number of rotatable bonds is 8. The maximum Gasteiger partial charge on any atom is 0.252 e. The van der Waals surface area contributed by atoms with Crippen LogP contribution in [0.4, 0.5) is 0 Å². The van der Waals surface area contributed by atoms with Crippen molar-refractivity contribution in [3.05, 3.63) is 104 Å². The van der Waals surface area contributed by atoms with Gasteiger partial charge in [-0.2, -0.15) is 0 Å². The Kier molecular flexibility index (Phi) is 12.0. The molecular weight excluding hydrogens is 627 g/mol. The molecular formula is C32H33Cl3N4O5. The number of hydrogen-bond acceptors (Lipinski definition) is 5. The van der Waals surface area contributed by atoms with Gasteiger partial charge < -0.3 is 25.2 Å². The quantitative estimate of drug-likeness (QED) is 0.346. The molecule has 0 spiro atoms. The van der Waals surface area contributed by atoms with E-state index in [1.807, 2.05) is 6.92 Å². The summed E-state index contributed by atoms with van der Waals surface area (Å²) in [5.74, 6) is -1.86. The topological polar surface area (TPSA) is 108 Å². The predicted octanol–water partition coefficient (Wildman–Crippen LogP) is 4.51. The summed E-state index contributed by atoms with van der Waals surface area (Å²) in [5.41, 5.74) is 2.21. The fourth-order valence-electron chi connectivity index (χ4n) is 4.82. The van der Waals surface area contributed by atoms with Gasteiger partial charge in [0.2, 0.25) is 17.7 Å². The van der Waals surface area contributed by atoms with E-state index in [-0.39, 0.29) is 45.8 Å². The molecule has 2 N–H and O–H groups in total. The molecule has 4 amide bonds. The number of nitrogens with one attached hydrogen (secondary N) is 2. The van der Waals surface area contributed by atoms with E-state index in [1.165, 1.54) is 9.80 Å². The van der Waals surface area contributed by atoms with E-state index in [4.69, 9.17) is 39.5 Å². The molecule has 1 atom stereocenters. The van der Waals surface area contributed by atoms with Crippen molar-refractivity contribution in [1.29, 1.82) is 0 Å². The van der Waals surface area contributed by atoms with Crippen LogP contribution in [0.25, 0.3) is 0 Å². The lowest BCUT2D eigenvalue weighted by atomic mass is 10.0. The minimum absolute atomic E-state index is 0.0287. The van der Waals surface area contributed by atoms with Crippen molar-refractivity contribution >= 4 is 58.4 Å². The molecule has 0 radical (unpaired) electrons. The minimum Gasteiger partial charge on any atom is -0.380 e. The monoisotopic (exact) mass is 658 g/mol. The summed E-state index contributed by atoms with van der Waals surface area (Å²) < 4.78 is 5.46. The van der Waals surface area contributed by atoms with E-state index in [9.17, 15) is 19.2 Å². The van der Waals surface area contributed by atoms with Crippen LogP contribution in [0.5, 0.6) is 0 Å². The number of nitrogens with zero attached hydrogens (tertiary/aromatic N) is 2. The van der Waals surface area contributed by atoms with Gasteiger partial charge >= 0.3 is 0 Å². The Labute approximate surface area is 271 Å². The van der Waals surface area contributed by atoms with Crippen LogP contribution >= 0.6 is 34.8 Å². The van der Waals surface area contributed by atoms with Crippen molar-refractivity contribution in [3.8, 4) is 0 Å². The van der Waals surface area contributed by atoms with Crippen LogP contribution in [0.1, 0.15) is 34.0 Å². The standard InChI is InChI=1S/C32H33Cl3N4O5/c1-2-44-13-12-38-19-29(40)36-17-23-7-3-4-9-25(23)31(42)37-28(16-21-10-11-26(34)27(35)15-21)32(43)39(20-30(38)41)18-22-6-5-8-24(33)14-22/h3-11,14-15,28H,2,12-13,16-20H2,1H3,(H,36,40)(H,37,42)/t28-/m0/s1. The van der Waals surface area contributed by atoms with Gasteiger partial charge in [-0.3, -0.25) is 19.2 Å². The number of carbonyl (C=O) groups excluding carboxylic acids is 4. The average Bonchev–Trinajstić information content (AvgIpc) is 3.00. The first-order valence-electron chi connectivity index (χ1n) is 14.1. The zero-order chi connectivity index (χ0) is 31.6. The zero-order valence-corrected chi connectivity index (χ0v) is 26.4. The highest BCUT2D eigenvalue weighted by Gasteiger charge is 2.31. The Morgan fingerprint density at radius 1 is 0.864 bits per heavy atom. The lowest BCUT2D eigenvalue weighted by Crippen LogP contribution is -2.53. The van der Waals surface area contributed by atoms with E-state index < -0.39 is 29.7 Å². The highest BCUT2D eigenvalue weighted by Crippen LogP contribution is 2.24. The van der Waals surface area contributed by atoms with Gasteiger partial charge in [-0.1, -0.05) is 71.2 Å². The normalized spacial score (nSPS) is 16.7. The highest BCUT2D eigenvalue weighted by atomic mass is 35.5. The second-order valence-corrected chi connectivity index (χ2v) is 11.5. The molecule has 3 aromatic carbocycles. The molecule has 0 aromatic heterocycles. The van der Waals surface area contributed by atoms with Crippen molar-refractivity contribution in [3.63, 3.8) is 0 Å². The smallest absolute Gasteiger partial charge is 0.252 e. The number of amides is 4.